The van der Waals surface area contributed by atoms with Gasteiger partial charge in [-0.25, -0.2) is 5.26 Å². The molecule has 11 heteroatoms. The monoisotopic (exact) mass is 478 g/mol. The predicted molar refractivity (Wildman–Crippen MR) is 115 cm³/mol. The Labute approximate surface area is 188 Å². The molecule has 2 N–H and O–H groups in total. The Bertz CT molecular complexity index is 1240. The van der Waals surface area contributed by atoms with Crippen molar-refractivity contribution in [2.24, 2.45) is 0 Å². The van der Waals surface area contributed by atoms with Gasteiger partial charge in [-0.2, -0.15) is 8.42 Å². The molecule has 0 unspecified atom stereocenters. The summed E-state index contributed by atoms with van der Waals surface area (Å²) in [4.78, 5) is 12.9. The number of hydrogen-bond acceptors (Lipinski definition) is 9. The molecule has 0 fully saturated rings. The minimum absolute atomic E-state index is 0.00902. The molecule has 0 aromatic heterocycles. The number of hydrogen-bond donors (Lipinski definition) is 2. The largest absolute Gasteiger partial charge is 0.497 e. The lowest BCUT2D eigenvalue weighted by molar-refractivity contribution is -0.432. The minimum atomic E-state index is -4.71. The molecule has 0 amide bonds. The van der Waals surface area contributed by atoms with Crippen molar-refractivity contribution in [3.63, 3.8) is 0 Å². The first-order valence-electron chi connectivity index (χ1n) is 8.96. The van der Waals surface area contributed by atoms with Crippen LogP contribution in [-0.4, -0.2) is 31.1 Å². The molecule has 168 valence electrons. The zero-order valence-corrected chi connectivity index (χ0v) is 18.5. The van der Waals surface area contributed by atoms with Gasteiger partial charge in [-0.1, -0.05) is 23.2 Å². The fourth-order valence-corrected chi connectivity index (χ4v) is 3.89. The topological polar surface area (TPSA) is 129 Å². The molecule has 0 aliphatic rings. The third-order valence-corrected chi connectivity index (χ3v) is 5.98. The van der Waals surface area contributed by atoms with Crippen LogP contribution in [0.5, 0.6) is 17.2 Å². The molecule has 0 bridgehead atoms. The van der Waals surface area contributed by atoms with Crippen LogP contribution in [0.15, 0.2) is 70.5 Å². The summed E-state index contributed by atoms with van der Waals surface area (Å²) >= 11 is 0.697. The maximum Gasteiger partial charge on any atom is 0.298 e. The van der Waals surface area contributed by atoms with Crippen molar-refractivity contribution in [2.45, 2.75) is 16.7 Å². The second kappa shape index (κ2) is 10.1. The summed E-state index contributed by atoms with van der Waals surface area (Å²) in [6.07, 6.45) is 0. The van der Waals surface area contributed by atoms with Crippen LogP contribution in [0.4, 0.5) is 0 Å². The molecule has 3 aromatic rings. The second-order valence-corrected chi connectivity index (χ2v) is 8.59. The van der Waals surface area contributed by atoms with E-state index in [9.17, 15) is 17.8 Å². The zero-order valence-electron chi connectivity index (χ0n) is 16.8. The van der Waals surface area contributed by atoms with E-state index in [1.807, 2.05) is 0 Å². The zero-order chi connectivity index (χ0) is 23.3. The van der Waals surface area contributed by atoms with Crippen molar-refractivity contribution in [3.05, 3.63) is 77.4 Å². The van der Waals surface area contributed by atoms with Crippen molar-refractivity contribution in [1.82, 2.24) is 0 Å². The van der Waals surface area contributed by atoms with E-state index < -0.39 is 20.8 Å². The molecule has 0 aliphatic heterocycles. The predicted octanol–water partition coefficient (Wildman–Crippen LogP) is 4.70. The molecule has 9 nitrogen and oxygen atoms in total. The summed E-state index contributed by atoms with van der Waals surface area (Å²) in [7, 11) is -3.24. The fraction of sp³-hybridized carbons (Fsp3) is 0.0952. The third-order valence-electron chi connectivity index (χ3n) is 4.36. The lowest BCUT2D eigenvalue weighted by Gasteiger charge is -2.12. The molecular weight excluding hydrogens is 460 g/mol. The summed E-state index contributed by atoms with van der Waals surface area (Å²) in [5, 5.41) is 11.9. The number of rotatable bonds is 9. The average Bonchev–Trinajstić information content (AvgIpc) is 2.77. The Morgan fingerprint density at radius 1 is 0.969 bits per heavy atom. The Morgan fingerprint density at radius 3 is 2.34 bits per heavy atom. The lowest BCUT2D eigenvalue weighted by atomic mass is 10.0. The van der Waals surface area contributed by atoms with Gasteiger partial charge in [0.15, 0.2) is 5.78 Å². The molecular formula is C21H18O9S2. The number of carbonyl (C=O) groups is 1. The first-order chi connectivity index (χ1) is 15.2. The van der Waals surface area contributed by atoms with Crippen LogP contribution in [0, 0.1) is 6.92 Å². The Morgan fingerprint density at radius 2 is 1.66 bits per heavy atom. The quantitative estimate of drug-likeness (QED) is 0.147. The number of benzene rings is 3. The summed E-state index contributed by atoms with van der Waals surface area (Å²) in [6.45, 7) is 1.76. The minimum Gasteiger partial charge on any atom is -0.497 e. The fourth-order valence-electron chi connectivity index (χ4n) is 2.78. The van der Waals surface area contributed by atoms with E-state index in [1.54, 1.807) is 37.3 Å². The van der Waals surface area contributed by atoms with Gasteiger partial charge in [0.25, 0.3) is 10.1 Å². The van der Waals surface area contributed by atoms with Crippen molar-refractivity contribution in [1.29, 1.82) is 0 Å². The van der Waals surface area contributed by atoms with E-state index in [-0.39, 0.29) is 22.6 Å². The van der Waals surface area contributed by atoms with Crippen molar-refractivity contribution >= 4 is 27.9 Å². The van der Waals surface area contributed by atoms with Crippen LogP contribution in [0.25, 0.3) is 0 Å². The van der Waals surface area contributed by atoms with Gasteiger partial charge in [-0.15, -0.1) is 4.33 Å². The molecule has 0 radical (unpaired) electrons. The molecule has 0 spiro atoms. The highest BCUT2D eigenvalue weighted by molar-refractivity contribution is 7.94. The standard InChI is InChI=1S/C21H18O9S2/c1-13-6-7-14(10-19(13)31-30-29-23)21(22)15-8-9-18(20(11-15)32(24,25)26)28-17-5-3-4-16(12-17)27-2/h3-12,23H,1-2H3,(H,24,25,26). The van der Waals surface area contributed by atoms with E-state index in [2.05, 4.69) is 9.37 Å². The van der Waals surface area contributed by atoms with Gasteiger partial charge in [0.05, 0.1) is 19.2 Å². The molecule has 0 saturated heterocycles. The van der Waals surface area contributed by atoms with Gasteiger partial charge in [0, 0.05) is 22.1 Å². The first kappa shape index (κ1) is 23.7. The Kier molecular flexibility index (Phi) is 7.51. The van der Waals surface area contributed by atoms with Crippen LogP contribution in [0.3, 0.4) is 0 Å². The van der Waals surface area contributed by atoms with E-state index in [0.29, 0.717) is 22.7 Å². The molecule has 0 atom stereocenters. The SMILES string of the molecule is COc1cccc(Oc2ccc(C(=O)c3ccc(C)c(SOOO)c3)cc2S(=O)(=O)O)c1. The first-order valence-corrected chi connectivity index (χ1v) is 11.1. The van der Waals surface area contributed by atoms with E-state index in [4.69, 9.17) is 14.7 Å². The van der Waals surface area contributed by atoms with Gasteiger partial charge in [-0.05, 0) is 48.9 Å². The summed E-state index contributed by atoms with van der Waals surface area (Å²) < 4.78 is 48.8. The number of aryl methyl sites for hydroxylation is 1. The third kappa shape index (κ3) is 5.65. The van der Waals surface area contributed by atoms with E-state index in [1.165, 1.54) is 31.4 Å². The smallest absolute Gasteiger partial charge is 0.298 e. The normalized spacial score (nSPS) is 11.2. The number of methoxy groups -OCH3 is 1. The van der Waals surface area contributed by atoms with E-state index in [0.717, 1.165) is 11.6 Å². The molecule has 0 heterocycles. The van der Waals surface area contributed by atoms with Crippen LogP contribution in [0.2, 0.25) is 0 Å². The average molecular weight is 479 g/mol. The van der Waals surface area contributed by atoms with Crippen LogP contribution < -0.4 is 9.47 Å². The number of carbonyl (C=O) groups excluding carboxylic acids is 1. The lowest BCUT2D eigenvalue weighted by Crippen LogP contribution is -2.07. The van der Waals surface area contributed by atoms with Gasteiger partial charge in [0.2, 0.25) is 0 Å². The van der Waals surface area contributed by atoms with Crippen LogP contribution in [-0.2, 0) is 19.5 Å². The molecule has 0 aliphatic carbocycles. The van der Waals surface area contributed by atoms with Crippen molar-refractivity contribution < 1.29 is 41.9 Å². The molecule has 32 heavy (non-hydrogen) atoms. The number of ether oxygens (including phenoxy) is 2. The highest BCUT2D eigenvalue weighted by Crippen LogP contribution is 2.32. The van der Waals surface area contributed by atoms with Crippen LogP contribution >= 0.6 is 12.0 Å². The molecule has 3 rings (SSSR count). The van der Waals surface area contributed by atoms with Gasteiger partial charge in [0.1, 0.15) is 22.1 Å². The van der Waals surface area contributed by atoms with Gasteiger partial charge in [-0.3, -0.25) is 9.35 Å². The number of ketones is 1. The summed E-state index contributed by atoms with van der Waals surface area (Å²) in [5.41, 5.74) is 0.987. The van der Waals surface area contributed by atoms with Crippen molar-refractivity contribution in [2.75, 3.05) is 7.11 Å². The second-order valence-electron chi connectivity index (χ2n) is 6.45. The maximum absolute atomic E-state index is 13.0. The molecule has 0 saturated carbocycles. The molecule has 3 aromatic carbocycles. The van der Waals surface area contributed by atoms with Gasteiger partial charge < -0.3 is 9.47 Å². The Hall–Kier alpha value is -2.93. The maximum atomic E-state index is 13.0. The highest BCUT2D eigenvalue weighted by Gasteiger charge is 2.21. The summed E-state index contributed by atoms with van der Waals surface area (Å²) in [6, 6.07) is 14.9. The summed E-state index contributed by atoms with van der Waals surface area (Å²) in [5.74, 6) is 0.103. The van der Waals surface area contributed by atoms with Gasteiger partial charge >= 0.3 is 0 Å². The van der Waals surface area contributed by atoms with Crippen molar-refractivity contribution in [3.8, 4) is 17.2 Å². The highest BCUT2D eigenvalue weighted by atomic mass is 32.2. The van der Waals surface area contributed by atoms with E-state index >= 15 is 0 Å². The Balaban J connectivity index is 1.97. The van der Waals surface area contributed by atoms with Crippen LogP contribution in [0.1, 0.15) is 21.5 Å².